The summed E-state index contributed by atoms with van der Waals surface area (Å²) in [5.74, 6) is -1.99. The average molecular weight is 467 g/mol. The summed E-state index contributed by atoms with van der Waals surface area (Å²) in [4.78, 5) is 35.5. The number of rotatable bonds is 7. The number of non-ortho nitro benzene ring substituents is 1. The van der Waals surface area contributed by atoms with Crippen LogP contribution in [0.4, 0.5) is 10.1 Å². The third-order valence-corrected chi connectivity index (χ3v) is 4.63. The highest BCUT2D eigenvalue weighted by Gasteiger charge is 2.15. The molecule has 0 saturated carbocycles. The van der Waals surface area contributed by atoms with E-state index < -0.39 is 22.6 Å². The van der Waals surface area contributed by atoms with Gasteiger partial charge in [-0.05, 0) is 48.0 Å². The minimum Gasteiger partial charge on any atom is -0.317 e. The van der Waals surface area contributed by atoms with Crippen LogP contribution in [0.2, 0.25) is 5.02 Å². The zero-order chi connectivity index (χ0) is 23.8. The van der Waals surface area contributed by atoms with E-state index >= 15 is 0 Å². The maximum absolute atomic E-state index is 13.9. The van der Waals surface area contributed by atoms with Gasteiger partial charge < -0.3 is 5.32 Å². The van der Waals surface area contributed by atoms with Gasteiger partial charge in [0.15, 0.2) is 0 Å². The standard InChI is InChI=1S/C23H16ClFN4O4/c24-19-7-4-8-20(25)18(19)14-26-28-23(31)21(27-22(30)16-5-2-1-3-6-16)13-15-9-11-17(12-10-15)29(32)33/h1-14H,(H,27,30)(H,28,31)/b21-13-,26-14+. The van der Waals surface area contributed by atoms with Gasteiger partial charge in [-0.2, -0.15) is 5.10 Å². The Bertz CT molecular complexity index is 1220. The molecule has 10 heteroatoms. The number of hydrazone groups is 1. The molecule has 0 aromatic heterocycles. The summed E-state index contributed by atoms with van der Waals surface area (Å²) < 4.78 is 13.9. The number of nitrogens with zero attached hydrogens (tertiary/aromatic N) is 2. The van der Waals surface area contributed by atoms with Crippen molar-refractivity contribution in [3.8, 4) is 0 Å². The minimum absolute atomic E-state index is 0.0197. The molecule has 2 amide bonds. The number of carbonyl (C=O) groups is 2. The highest BCUT2D eigenvalue weighted by atomic mass is 35.5. The number of carbonyl (C=O) groups excluding carboxylic acids is 2. The number of halogens is 2. The lowest BCUT2D eigenvalue weighted by Gasteiger charge is -2.09. The molecule has 0 spiro atoms. The van der Waals surface area contributed by atoms with Crippen molar-refractivity contribution in [2.45, 2.75) is 0 Å². The van der Waals surface area contributed by atoms with Gasteiger partial charge in [0.25, 0.3) is 17.5 Å². The Kier molecular flexibility index (Phi) is 7.61. The summed E-state index contributed by atoms with van der Waals surface area (Å²) in [6.07, 6.45) is 2.36. The summed E-state index contributed by atoms with van der Waals surface area (Å²) in [7, 11) is 0. The normalized spacial score (nSPS) is 11.3. The van der Waals surface area contributed by atoms with Gasteiger partial charge in [-0.15, -0.1) is 0 Å². The molecule has 0 aliphatic heterocycles. The van der Waals surface area contributed by atoms with E-state index in [1.807, 2.05) is 0 Å². The molecule has 0 aliphatic rings. The molecule has 0 bridgehead atoms. The number of nitrogens with one attached hydrogen (secondary N) is 2. The zero-order valence-electron chi connectivity index (χ0n) is 16.9. The first-order valence-electron chi connectivity index (χ1n) is 9.45. The molecule has 0 radical (unpaired) electrons. The molecule has 166 valence electrons. The van der Waals surface area contributed by atoms with E-state index in [9.17, 15) is 24.1 Å². The second-order valence-corrected chi connectivity index (χ2v) is 6.97. The largest absolute Gasteiger partial charge is 0.317 e. The molecule has 0 unspecified atom stereocenters. The van der Waals surface area contributed by atoms with E-state index in [2.05, 4.69) is 15.8 Å². The second-order valence-electron chi connectivity index (χ2n) is 6.56. The number of hydrogen-bond donors (Lipinski definition) is 2. The van der Waals surface area contributed by atoms with Crippen LogP contribution < -0.4 is 10.7 Å². The Hall–Kier alpha value is -4.37. The van der Waals surface area contributed by atoms with Crippen LogP contribution in [-0.2, 0) is 4.79 Å². The van der Waals surface area contributed by atoms with Gasteiger partial charge in [-0.1, -0.05) is 35.9 Å². The van der Waals surface area contributed by atoms with Gasteiger partial charge >= 0.3 is 0 Å². The Morgan fingerprint density at radius 1 is 1.00 bits per heavy atom. The molecule has 0 saturated heterocycles. The third kappa shape index (κ3) is 6.31. The van der Waals surface area contributed by atoms with Crippen LogP contribution in [-0.4, -0.2) is 23.0 Å². The van der Waals surface area contributed by atoms with Crippen molar-refractivity contribution < 1.29 is 18.9 Å². The topological polar surface area (TPSA) is 114 Å². The Balaban J connectivity index is 1.85. The number of benzene rings is 3. The van der Waals surface area contributed by atoms with Crippen molar-refractivity contribution in [2.75, 3.05) is 0 Å². The summed E-state index contributed by atoms with van der Waals surface area (Å²) in [6, 6.07) is 17.6. The lowest BCUT2D eigenvalue weighted by molar-refractivity contribution is -0.384. The average Bonchev–Trinajstić information content (AvgIpc) is 2.81. The van der Waals surface area contributed by atoms with Gasteiger partial charge in [0, 0.05) is 23.3 Å². The van der Waals surface area contributed by atoms with E-state index in [0.29, 0.717) is 11.1 Å². The summed E-state index contributed by atoms with van der Waals surface area (Å²) in [6.45, 7) is 0. The first kappa shape index (κ1) is 23.3. The SMILES string of the molecule is O=C(N/N=C/c1c(F)cccc1Cl)/C(=C/c1ccc([N+](=O)[O-])cc1)NC(=O)c1ccccc1. The van der Waals surface area contributed by atoms with E-state index in [-0.39, 0.29) is 22.0 Å². The number of hydrogen-bond acceptors (Lipinski definition) is 5. The lowest BCUT2D eigenvalue weighted by Crippen LogP contribution is -2.32. The summed E-state index contributed by atoms with van der Waals surface area (Å²) in [5, 5.41) is 17.2. The monoisotopic (exact) mass is 466 g/mol. The maximum Gasteiger partial charge on any atom is 0.287 e. The van der Waals surface area contributed by atoms with Crippen molar-refractivity contribution in [3.05, 3.63) is 116 Å². The van der Waals surface area contributed by atoms with Crippen molar-refractivity contribution >= 4 is 41.4 Å². The minimum atomic E-state index is -0.804. The molecule has 0 fully saturated rings. The van der Waals surface area contributed by atoms with Gasteiger partial charge in [0.1, 0.15) is 11.5 Å². The first-order chi connectivity index (χ1) is 15.8. The summed E-state index contributed by atoms with van der Waals surface area (Å²) in [5.41, 5.74) is 2.60. The lowest BCUT2D eigenvalue weighted by atomic mass is 10.1. The Labute approximate surface area is 192 Å². The number of nitro benzene ring substituents is 1. The van der Waals surface area contributed by atoms with Crippen molar-refractivity contribution in [1.29, 1.82) is 0 Å². The predicted molar refractivity (Wildman–Crippen MR) is 122 cm³/mol. The highest BCUT2D eigenvalue weighted by molar-refractivity contribution is 6.33. The molecule has 3 aromatic rings. The fraction of sp³-hybridized carbons (Fsp3) is 0. The van der Waals surface area contributed by atoms with E-state index in [4.69, 9.17) is 11.6 Å². The molecule has 0 heterocycles. The number of amides is 2. The quantitative estimate of drug-likeness (QED) is 0.234. The molecule has 0 aliphatic carbocycles. The van der Waals surface area contributed by atoms with Crippen molar-refractivity contribution in [3.63, 3.8) is 0 Å². The summed E-state index contributed by atoms with van der Waals surface area (Å²) >= 11 is 5.93. The van der Waals surface area contributed by atoms with Crippen molar-refractivity contribution in [1.82, 2.24) is 10.7 Å². The van der Waals surface area contributed by atoms with Crippen LogP contribution in [0.3, 0.4) is 0 Å². The molecule has 2 N–H and O–H groups in total. The second kappa shape index (κ2) is 10.8. The van der Waals surface area contributed by atoms with E-state index in [0.717, 1.165) is 6.21 Å². The van der Waals surface area contributed by atoms with Crippen LogP contribution in [0.15, 0.2) is 83.6 Å². The van der Waals surface area contributed by atoms with Crippen LogP contribution in [0, 0.1) is 15.9 Å². The smallest absolute Gasteiger partial charge is 0.287 e. The molecule has 8 nitrogen and oxygen atoms in total. The van der Waals surface area contributed by atoms with Gasteiger partial charge in [-0.3, -0.25) is 19.7 Å². The van der Waals surface area contributed by atoms with Crippen molar-refractivity contribution in [2.24, 2.45) is 5.10 Å². The van der Waals surface area contributed by atoms with Gasteiger partial charge in [0.05, 0.1) is 16.2 Å². The van der Waals surface area contributed by atoms with Crippen LogP contribution in [0.1, 0.15) is 21.5 Å². The molecule has 3 rings (SSSR count). The zero-order valence-corrected chi connectivity index (χ0v) is 17.6. The predicted octanol–water partition coefficient (Wildman–Crippen LogP) is 4.31. The van der Waals surface area contributed by atoms with E-state index in [1.165, 1.54) is 48.5 Å². The maximum atomic E-state index is 13.9. The molecule has 33 heavy (non-hydrogen) atoms. The molecular weight excluding hydrogens is 451 g/mol. The Morgan fingerprint density at radius 2 is 1.70 bits per heavy atom. The third-order valence-electron chi connectivity index (χ3n) is 4.30. The molecular formula is C23H16ClFN4O4. The number of nitro groups is 1. The fourth-order valence-electron chi connectivity index (χ4n) is 2.65. The van der Waals surface area contributed by atoms with E-state index in [1.54, 1.807) is 30.3 Å². The van der Waals surface area contributed by atoms with Gasteiger partial charge in [-0.25, -0.2) is 9.82 Å². The van der Waals surface area contributed by atoms with Gasteiger partial charge in [0.2, 0.25) is 0 Å². The first-order valence-corrected chi connectivity index (χ1v) is 9.83. The fourth-order valence-corrected chi connectivity index (χ4v) is 2.86. The van der Waals surface area contributed by atoms with Crippen LogP contribution in [0.25, 0.3) is 6.08 Å². The molecule has 0 atom stereocenters. The van der Waals surface area contributed by atoms with Crippen LogP contribution in [0.5, 0.6) is 0 Å². The molecule has 3 aromatic carbocycles. The Morgan fingerprint density at radius 3 is 2.33 bits per heavy atom. The highest BCUT2D eigenvalue weighted by Crippen LogP contribution is 2.17. The van der Waals surface area contributed by atoms with Crippen LogP contribution >= 0.6 is 11.6 Å².